The summed E-state index contributed by atoms with van der Waals surface area (Å²) < 4.78 is 16.3. The number of hydrogen-bond acceptors (Lipinski definition) is 6. The van der Waals surface area contributed by atoms with Gasteiger partial charge in [-0.25, -0.2) is 0 Å². The lowest BCUT2D eigenvalue weighted by Gasteiger charge is -2.34. The maximum absolute atomic E-state index is 13.0. The van der Waals surface area contributed by atoms with E-state index >= 15 is 0 Å². The highest BCUT2D eigenvalue weighted by Gasteiger charge is 2.31. The molecule has 1 aromatic heterocycles. The van der Waals surface area contributed by atoms with Crippen LogP contribution in [0.2, 0.25) is 0 Å². The molecule has 1 aliphatic carbocycles. The molecule has 148 valence electrons. The van der Waals surface area contributed by atoms with Crippen LogP contribution < -0.4 is 9.47 Å². The van der Waals surface area contributed by atoms with Crippen molar-refractivity contribution in [2.45, 2.75) is 32.7 Å². The molecule has 0 radical (unpaired) electrons. The second-order valence-electron chi connectivity index (χ2n) is 8.04. The Hall–Kier alpha value is -2.54. The van der Waals surface area contributed by atoms with E-state index in [9.17, 15) is 4.79 Å². The Morgan fingerprint density at radius 2 is 2.00 bits per heavy atom. The largest absolute Gasteiger partial charge is 0.454 e. The minimum Gasteiger partial charge on any atom is -0.454 e. The summed E-state index contributed by atoms with van der Waals surface area (Å²) in [6.07, 6.45) is 2.89. The zero-order valence-electron chi connectivity index (χ0n) is 16.1. The molecule has 0 unspecified atom stereocenters. The zero-order chi connectivity index (χ0) is 19.1. The van der Waals surface area contributed by atoms with E-state index in [1.165, 1.54) is 5.56 Å². The molecule has 7 nitrogen and oxygen atoms in total. The van der Waals surface area contributed by atoms with Gasteiger partial charge < -0.3 is 18.9 Å². The topological polar surface area (TPSA) is 68.0 Å². The highest BCUT2D eigenvalue weighted by Crippen LogP contribution is 2.33. The van der Waals surface area contributed by atoms with E-state index in [1.54, 1.807) is 0 Å². The predicted molar refractivity (Wildman–Crippen MR) is 101 cm³/mol. The summed E-state index contributed by atoms with van der Waals surface area (Å²) in [5.74, 6) is 3.13. The third kappa shape index (κ3) is 3.24. The van der Waals surface area contributed by atoms with Crippen molar-refractivity contribution in [1.29, 1.82) is 0 Å². The highest BCUT2D eigenvalue weighted by molar-refractivity contribution is 5.94. The van der Waals surface area contributed by atoms with Crippen LogP contribution in [0.25, 0.3) is 0 Å². The molecule has 28 heavy (non-hydrogen) atoms. The van der Waals surface area contributed by atoms with Crippen LogP contribution in [-0.4, -0.2) is 53.8 Å². The minimum atomic E-state index is 0.0156. The van der Waals surface area contributed by atoms with E-state index in [-0.39, 0.29) is 5.91 Å². The van der Waals surface area contributed by atoms with Gasteiger partial charge in [-0.15, -0.1) is 0 Å². The van der Waals surface area contributed by atoms with Gasteiger partial charge in [-0.05, 0) is 36.5 Å². The van der Waals surface area contributed by atoms with Crippen LogP contribution in [-0.2, 0) is 19.4 Å². The Balaban J connectivity index is 1.20. The number of carbonyl (C=O) groups is 1. The average Bonchev–Trinajstić information content (AvgIpc) is 3.34. The van der Waals surface area contributed by atoms with Crippen molar-refractivity contribution in [2.24, 2.45) is 5.92 Å². The lowest BCUT2D eigenvalue weighted by atomic mass is 9.88. The first-order chi connectivity index (χ1) is 13.7. The lowest BCUT2D eigenvalue weighted by molar-refractivity contribution is 0.0617. The van der Waals surface area contributed by atoms with Crippen LogP contribution in [0.5, 0.6) is 11.5 Å². The van der Waals surface area contributed by atoms with Gasteiger partial charge in [-0.2, -0.15) is 0 Å². The van der Waals surface area contributed by atoms with E-state index in [4.69, 9.17) is 14.0 Å². The first-order valence-electron chi connectivity index (χ1n) is 10.0. The zero-order valence-corrected chi connectivity index (χ0v) is 16.1. The van der Waals surface area contributed by atoms with Gasteiger partial charge >= 0.3 is 0 Å². The van der Waals surface area contributed by atoms with Gasteiger partial charge in [0.15, 0.2) is 17.2 Å². The standard InChI is InChI=1S/C21H25N3O4/c1-14-2-4-17-16(10-14)20(22-28-17)21(25)24-8-6-23(7-9-24)12-15-3-5-18-19(11-15)27-13-26-18/h3,5,11,14H,2,4,6-10,12-13H2,1H3/t14-/m1/s1. The molecule has 1 atom stereocenters. The van der Waals surface area contributed by atoms with Gasteiger partial charge in [0.1, 0.15) is 5.76 Å². The SMILES string of the molecule is C[C@@H]1CCc2onc(C(=O)N3CCN(Cc4ccc5c(c4)OCO5)CC3)c2C1. The first-order valence-corrected chi connectivity index (χ1v) is 10.0. The molecule has 2 aliphatic heterocycles. The van der Waals surface area contributed by atoms with Gasteiger partial charge in [-0.1, -0.05) is 18.1 Å². The number of hydrogen-bond donors (Lipinski definition) is 0. The summed E-state index contributed by atoms with van der Waals surface area (Å²) in [6, 6.07) is 6.09. The summed E-state index contributed by atoms with van der Waals surface area (Å²) in [5, 5.41) is 4.12. The number of amides is 1. The van der Waals surface area contributed by atoms with Crippen molar-refractivity contribution >= 4 is 5.91 Å². The Morgan fingerprint density at radius 1 is 1.18 bits per heavy atom. The van der Waals surface area contributed by atoms with Crippen LogP contribution in [0.3, 0.4) is 0 Å². The van der Waals surface area contributed by atoms with E-state index in [0.29, 0.717) is 31.5 Å². The molecule has 1 saturated heterocycles. The number of piperazine rings is 1. The molecule has 0 bridgehead atoms. The quantitative estimate of drug-likeness (QED) is 0.811. The monoisotopic (exact) mass is 383 g/mol. The van der Waals surface area contributed by atoms with Crippen molar-refractivity contribution in [3.05, 3.63) is 40.8 Å². The number of rotatable bonds is 3. The predicted octanol–water partition coefficient (Wildman–Crippen LogP) is 2.49. The number of fused-ring (bicyclic) bond motifs is 2. The Bertz CT molecular complexity index is 886. The van der Waals surface area contributed by atoms with Crippen LogP contribution >= 0.6 is 0 Å². The third-order valence-corrected chi connectivity index (χ3v) is 5.99. The number of aromatic nitrogens is 1. The van der Waals surface area contributed by atoms with E-state index < -0.39 is 0 Å². The number of nitrogens with zero attached hydrogens (tertiary/aromatic N) is 3. The van der Waals surface area contributed by atoms with Gasteiger partial charge in [0, 0.05) is 44.7 Å². The molecule has 1 aromatic carbocycles. The molecule has 5 rings (SSSR count). The normalized spacial score (nSPS) is 21.6. The molecule has 1 fully saturated rings. The average molecular weight is 383 g/mol. The van der Waals surface area contributed by atoms with Crippen molar-refractivity contribution in [3.63, 3.8) is 0 Å². The van der Waals surface area contributed by atoms with Crippen molar-refractivity contribution in [2.75, 3.05) is 33.0 Å². The minimum absolute atomic E-state index is 0.0156. The van der Waals surface area contributed by atoms with Crippen LogP contribution in [0, 0.1) is 5.92 Å². The van der Waals surface area contributed by atoms with E-state index in [1.807, 2.05) is 17.0 Å². The summed E-state index contributed by atoms with van der Waals surface area (Å²) >= 11 is 0. The van der Waals surface area contributed by atoms with Crippen LogP contribution in [0.4, 0.5) is 0 Å². The van der Waals surface area contributed by atoms with Gasteiger partial charge in [0.25, 0.3) is 5.91 Å². The summed E-state index contributed by atoms with van der Waals surface area (Å²) in [5.41, 5.74) is 2.76. The number of carbonyl (C=O) groups excluding carboxylic acids is 1. The second kappa shape index (κ2) is 7.13. The fourth-order valence-corrected chi connectivity index (χ4v) is 4.30. The third-order valence-electron chi connectivity index (χ3n) is 5.99. The van der Waals surface area contributed by atoms with Gasteiger partial charge in [0.2, 0.25) is 6.79 Å². The second-order valence-corrected chi connectivity index (χ2v) is 8.04. The first kappa shape index (κ1) is 17.6. The molecule has 0 spiro atoms. The molecular weight excluding hydrogens is 358 g/mol. The molecule has 1 amide bonds. The van der Waals surface area contributed by atoms with Gasteiger partial charge in [0.05, 0.1) is 0 Å². The smallest absolute Gasteiger partial charge is 0.276 e. The Morgan fingerprint density at radius 3 is 2.86 bits per heavy atom. The fraction of sp³-hybridized carbons (Fsp3) is 0.524. The molecule has 3 heterocycles. The van der Waals surface area contributed by atoms with E-state index in [0.717, 1.165) is 61.7 Å². The van der Waals surface area contributed by atoms with Crippen molar-refractivity contribution in [1.82, 2.24) is 15.0 Å². The van der Waals surface area contributed by atoms with Crippen molar-refractivity contribution in [3.8, 4) is 11.5 Å². The molecule has 0 saturated carbocycles. The number of benzene rings is 1. The Labute approximate surface area is 164 Å². The molecule has 0 N–H and O–H groups in total. The summed E-state index contributed by atoms with van der Waals surface area (Å²) in [7, 11) is 0. The van der Waals surface area contributed by atoms with Crippen molar-refractivity contribution < 1.29 is 18.8 Å². The van der Waals surface area contributed by atoms with Gasteiger partial charge in [-0.3, -0.25) is 9.69 Å². The number of ether oxygens (including phenoxy) is 2. The maximum atomic E-state index is 13.0. The maximum Gasteiger partial charge on any atom is 0.276 e. The Kier molecular flexibility index (Phi) is 4.47. The lowest BCUT2D eigenvalue weighted by Crippen LogP contribution is -2.48. The number of aryl methyl sites for hydroxylation is 1. The molecule has 3 aliphatic rings. The summed E-state index contributed by atoms with van der Waals surface area (Å²) in [4.78, 5) is 17.3. The molecule has 7 heteroatoms. The highest BCUT2D eigenvalue weighted by atomic mass is 16.7. The van der Waals surface area contributed by atoms with E-state index in [2.05, 4.69) is 23.0 Å². The van der Waals surface area contributed by atoms with Crippen LogP contribution in [0.1, 0.15) is 40.7 Å². The molecule has 2 aromatic rings. The molecular formula is C21H25N3O4. The van der Waals surface area contributed by atoms with Crippen LogP contribution in [0.15, 0.2) is 22.7 Å². The summed E-state index contributed by atoms with van der Waals surface area (Å²) in [6.45, 7) is 6.47. The fourth-order valence-electron chi connectivity index (χ4n) is 4.30.